The van der Waals surface area contributed by atoms with Gasteiger partial charge in [0.15, 0.2) is 5.16 Å². The fraction of sp³-hybridized carbons (Fsp3) is 0.200. The summed E-state index contributed by atoms with van der Waals surface area (Å²) < 4.78 is 26.9. The van der Waals surface area contributed by atoms with Crippen molar-refractivity contribution < 1.29 is 8.78 Å². The quantitative estimate of drug-likeness (QED) is 0.341. The molecule has 0 amide bonds. The highest BCUT2D eigenvalue weighted by Crippen LogP contribution is 2.27. The summed E-state index contributed by atoms with van der Waals surface area (Å²) >= 11 is 2.14. The van der Waals surface area contributed by atoms with Gasteiger partial charge in [-0.15, -0.1) is 16.8 Å². The average molecular weight is 404 g/mol. The van der Waals surface area contributed by atoms with Gasteiger partial charge < -0.3 is 4.57 Å². The van der Waals surface area contributed by atoms with Crippen LogP contribution < -0.4 is 0 Å². The van der Waals surface area contributed by atoms with Gasteiger partial charge in [0, 0.05) is 23.6 Å². The zero-order chi connectivity index (χ0) is 19.1. The van der Waals surface area contributed by atoms with Gasteiger partial charge in [0.25, 0.3) is 5.76 Å². The van der Waals surface area contributed by atoms with Crippen LogP contribution in [0.25, 0.3) is 0 Å². The van der Waals surface area contributed by atoms with E-state index in [-0.39, 0.29) is 0 Å². The Morgan fingerprint density at radius 2 is 1.74 bits per heavy atom. The molecule has 3 nitrogen and oxygen atoms in total. The molecular formula is C20H19F2N3S2. The predicted molar refractivity (Wildman–Crippen MR) is 107 cm³/mol. The first-order valence-corrected chi connectivity index (χ1v) is 10.3. The van der Waals surface area contributed by atoms with E-state index in [9.17, 15) is 8.78 Å². The molecule has 0 spiro atoms. The van der Waals surface area contributed by atoms with E-state index in [2.05, 4.69) is 33.5 Å². The van der Waals surface area contributed by atoms with Gasteiger partial charge in [-0.25, -0.2) is 0 Å². The lowest BCUT2D eigenvalue weighted by Crippen LogP contribution is -2.04. The Hall–Kier alpha value is -2.12. The summed E-state index contributed by atoms with van der Waals surface area (Å²) in [6.45, 7) is 4.47. The van der Waals surface area contributed by atoms with Gasteiger partial charge >= 0.3 is 0 Å². The molecule has 7 heteroatoms. The number of hydrogen-bond donors (Lipinski definition) is 0. The van der Waals surface area contributed by atoms with Crippen molar-refractivity contribution in [2.45, 2.75) is 34.5 Å². The number of thioether (sulfide) groups is 2. The van der Waals surface area contributed by atoms with Gasteiger partial charge in [0.2, 0.25) is 0 Å². The van der Waals surface area contributed by atoms with Gasteiger partial charge in [0.05, 0.1) is 0 Å². The highest BCUT2D eigenvalue weighted by molar-refractivity contribution is 7.99. The lowest BCUT2D eigenvalue weighted by molar-refractivity contribution is 0.252. The molecule has 0 saturated heterocycles. The zero-order valence-corrected chi connectivity index (χ0v) is 16.2. The summed E-state index contributed by atoms with van der Waals surface area (Å²) in [4.78, 5) is 0.568. The maximum atomic E-state index is 12.4. The van der Waals surface area contributed by atoms with Crippen LogP contribution in [0.4, 0.5) is 8.78 Å². The first kappa shape index (κ1) is 19.6. The summed E-state index contributed by atoms with van der Waals surface area (Å²) in [6.07, 6.45) is 2.54. The lowest BCUT2D eigenvalue weighted by atomic mass is 10.1. The number of allylic oxidation sites excluding steroid dienone is 1. The third-order valence-electron chi connectivity index (χ3n) is 3.83. The number of benzene rings is 2. The second-order valence-corrected chi connectivity index (χ2v) is 7.78. The number of aromatic nitrogens is 3. The number of alkyl halides is 2. The van der Waals surface area contributed by atoms with Gasteiger partial charge in [-0.2, -0.15) is 8.78 Å². The second-order valence-electron chi connectivity index (χ2n) is 5.77. The van der Waals surface area contributed by atoms with E-state index in [4.69, 9.17) is 0 Å². The molecule has 1 aromatic heterocycles. The molecule has 0 aliphatic carbocycles. The maximum Gasteiger partial charge on any atom is 0.288 e. The SMILES string of the molecule is C=CCn1c(Cc2ccccc2)nnc1SCc1ccc(SC(F)F)cc1. The van der Waals surface area contributed by atoms with Crippen LogP contribution in [-0.2, 0) is 18.7 Å². The van der Waals surface area contributed by atoms with Crippen molar-refractivity contribution >= 4 is 23.5 Å². The van der Waals surface area contributed by atoms with Gasteiger partial charge in [-0.1, -0.05) is 72.1 Å². The van der Waals surface area contributed by atoms with E-state index >= 15 is 0 Å². The Bertz CT molecular complexity index is 865. The Labute approximate surface area is 165 Å². The molecule has 3 rings (SSSR count). The fourth-order valence-electron chi connectivity index (χ4n) is 2.56. The number of halogens is 2. The summed E-state index contributed by atoms with van der Waals surface area (Å²) in [5.41, 5.74) is 2.23. The molecule has 1 heterocycles. The van der Waals surface area contributed by atoms with Crippen LogP contribution in [0.2, 0.25) is 0 Å². The van der Waals surface area contributed by atoms with Crippen LogP contribution in [0.3, 0.4) is 0 Å². The summed E-state index contributed by atoms with van der Waals surface area (Å²) in [6, 6.07) is 17.3. The fourth-order valence-corrected chi connectivity index (χ4v) is 3.98. The molecular weight excluding hydrogens is 384 g/mol. The Kier molecular flexibility index (Phi) is 7.06. The molecule has 0 unspecified atom stereocenters. The maximum absolute atomic E-state index is 12.4. The van der Waals surface area contributed by atoms with Crippen LogP contribution in [0.15, 0.2) is 77.3 Å². The summed E-state index contributed by atoms with van der Waals surface area (Å²) in [7, 11) is 0. The van der Waals surface area contributed by atoms with Crippen molar-refractivity contribution in [2.24, 2.45) is 0 Å². The van der Waals surface area contributed by atoms with Gasteiger partial charge in [-0.3, -0.25) is 0 Å². The van der Waals surface area contributed by atoms with Crippen LogP contribution in [0, 0.1) is 0 Å². The molecule has 0 aliphatic heterocycles. The molecule has 0 radical (unpaired) electrons. The van der Waals surface area contributed by atoms with E-state index < -0.39 is 5.76 Å². The van der Waals surface area contributed by atoms with E-state index in [1.807, 2.05) is 36.4 Å². The number of nitrogens with zero attached hydrogens (tertiary/aromatic N) is 3. The predicted octanol–water partition coefficient (Wildman–Crippen LogP) is 5.66. The Morgan fingerprint density at radius 3 is 2.41 bits per heavy atom. The highest BCUT2D eigenvalue weighted by Gasteiger charge is 2.12. The highest BCUT2D eigenvalue weighted by atomic mass is 32.2. The van der Waals surface area contributed by atoms with Gasteiger partial charge in [-0.05, 0) is 23.3 Å². The minimum Gasteiger partial charge on any atom is -0.302 e. The largest absolute Gasteiger partial charge is 0.302 e. The standard InChI is InChI=1S/C20H19F2N3S2/c1-2-12-25-18(13-15-6-4-3-5-7-15)23-24-20(25)26-14-16-8-10-17(11-9-16)27-19(21)22/h2-11,19H,1,12-14H2. The smallest absolute Gasteiger partial charge is 0.288 e. The minimum atomic E-state index is -2.40. The average Bonchev–Trinajstić information content (AvgIpc) is 3.03. The zero-order valence-electron chi connectivity index (χ0n) is 14.6. The molecule has 3 aromatic rings. The molecule has 0 saturated carbocycles. The van der Waals surface area contributed by atoms with Crippen molar-refractivity contribution in [3.63, 3.8) is 0 Å². The second kappa shape index (κ2) is 9.71. The van der Waals surface area contributed by atoms with Crippen LogP contribution in [-0.4, -0.2) is 20.5 Å². The first-order valence-electron chi connectivity index (χ1n) is 8.39. The summed E-state index contributed by atoms with van der Waals surface area (Å²) in [5.74, 6) is -0.807. The third kappa shape index (κ3) is 5.68. The molecule has 27 heavy (non-hydrogen) atoms. The van der Waals surface area contributed by atoms with Crippen LogP contribution in [0.1, 0.15) is 17.0 Å². The topological polar surface area (TPSA) is 30.7 Å². The number of rotatable bonds is 9. The molecule has 2 aromatic carbocycles. The van der Waals surface area contributed by atoms with Crippen molar-refractivity contribution in [3.05, 3.63) is 84.2 Å². The Morgan fingerprint density at radius 1 is 1.00 bits per heavy atom. The first-order chi connectivity index (χ1) is 13.2. The van der Waals surface area contributed by atoms with Crippen molar-refractivity contribution in [3.8, 4) is 0 Å². The van der Waals surface area contributed by atoms with Crippen molar-refractivity contribution in [1.82, 2.24) is 14.8 Å². The van der Waals surface area contributed by atoms with Gasteiger partial charge in [0.1, 0.15) is 5.82 Å². The van der Waals surface area contributed by atoms with Crippen molar-refractivity contribution in [2.75, 3.05) is 0 Å². The van der Waals surface area contributed by atoms with Crippen LogP contribution >= 0.6 is 23.5 Å². The normalized spacial score (nSPS) is 11.1. The molecule has 0 fully saturated rings. The van der Waals surface area contributed by atoms with E-state index in [0.29, 0.717) is 35.4 Å². The third-order valence-corrected chi connectivity index (χ3v) is 5.59. The Balaban J connectivity index is 1.68. The molecule has 0 atom stereocenters. The van der Waals surface area contributed by atoms with E-state index in [1.165, 1.54) is 5.56 Å². The number of hydrogen-bond acceptors (Lipinski definition) is 4. The van der Waals surface area contributed by atoms with Crippen molar-refractivity contribution in [1.29, 1.82) is 0 Å². The monoisotopic (exact) mass is 403 g/mol. The molecule has 140 valence electrons. The molecule has 0 bridgehead atoms. The van der Waals surface area contributed by atoms with Crippen LogP contribution in [0.5, 0.6) is 0 Å². The molecule has 0 N–H and O–H groups in total. The lowest BCUT2D eigenvalue weighted by Gasteiger charge is -2.08. The van der Waals surface area contributed by atoms with E-state index in [0.717, 1.165) is 16.5 Å². The summed E-state index contributed by atoms with van der Waals surface area (Å²) in [5, 5.41) is 9.50. The van der Waals surface area contributed by atoms with E-state index in [1.54, 1.807) is 23.9 Å². The minimum absolute atomic E-state index is 0.557. The molecule has 0 aliphatic rings.